The monoisotopic (exact) mass is 172 g/mol. The van der Waals surface area contributed by atoms with Gasteiger partial charge in [0.25, 0.3) is 0 Å². The highest BCUT2D eigenvalue weighted by Crippen LogP contribution is 2.06. The minimum Gasteiger partial charge on any atom is -0.396 e. The Morgan fingerprint density at radius 2 is 2.50 bits per heavy atom. The van der Waals surface area contributed by atoms with E-state index in [1.165, 1.54) is 0 Å². The number of amides is 1. The summed E-state index contributed by atoms with van der Waals surface area (Å²) in [5.41, 5.74) is 0. The van der Waals surface area contributed by atoms with Crippen LogP contribution in [0.4, 0.5) is 0 Å². The molecule has 0 radical (unpaired) electrons. The fourth-order valence-corrected chi connectivity index (χ4v) is 1.51. The van der Waals surface area contributed by atoms with Gasteiger partial charge < -0.3 is 15.3 Å². The lowest BCUT2D eigenvalue weighted by Gasteiger charge is -2.33. The fraction of sp³-hybridized carbons (Fsp3) is 0.875. The molecule has 1 aliphatic heterocycles. The molecule has 12 heavy (non-hydrogen) atoms. The molecule has 4 nitrogen and oxygen atoms in total. The van der Waals surface area contributed by atoms with Gasteiger partial charge in [-0.1, -0.05) is 0 Å². The van der Waals surface area contributed by atoms with Crippen LogP contribution in [0.15, 0.2) is 0 Å². The van der Waals surface area contributed by atoms with Gasteiger partial charge in [-0.2, -0.15) is 0 Å². The molecule has 1 fully saturated rings. The van der Waals surface area contributed by atoms with Gasteiger partial charge in [-0.25, -0.2) is 0 Å². The topological polar surface area (TPSA) is 52.6 Å². The maximum Gasteiger partial charge on any atom is 0.210 e. The highest BCUT2D eigenvalue weighted by Gasteiger charge is 2.19. The van der Waals surface area contributed by atoms with Crippen LogP contribution in [-0.4, -0.2) is 48.7 Å². The Morgan fingerprint density at radius 1 is 1.67 bits per heavy atom. The Hall–Kier alpha value is -0.610. The van der Waals surface area contributed by atoms with Crippen molar-refractivity contribution in [3.63, 3.8) is 0 Å². The number of hydrogen-bond donors (Lipinski definition) is 2. The maximum atomic E-state index is 10.6. The van der Waals surface area contributed by atoms with Crippen molar-refractivity contribution >= 4 is 6.41 Å². The predicted molar refractivity (Wildman–Crippen MR) is 45.7 cm³/mol. The molecule has 1 rings (SSSR count). The van der Waals surface area contributed by atoms with Crippen molar-refractivity contribution in [1.29, 1.82) is 0 Å². The van der Waals surface area contributed by atoms with Crippen LogP contribution in [0, 0.1) is 0 Å². The minimum absolute atomic E-state index is 0.212. The van der Waals surface area contributed by atoms with E-state index in [1.807, 2.05) is 4.90 Å². The van der Waals surface area contributed by atoms with Crippen LogP contribution in [0.1, 0.15) is 12.8 Å². The van der Waals surface area contributed by atoms with Gasteiger partial charge in [-0.3, -0.25) is 4.79 Å². The zero-order valence-electron chi connectivity index (χ0n) is 7.20. The normalized spacial score (nSPS) is 24.1. The van der Waals surface area contributed by atoms with E-state index in [2.05, 4.69) is 5.32 Å². The lowest BCUT2D eigenvalue weighted by molar-refractivity contribution is -0.121. The zero-order chi connectivity index (χ0) is 8.81. The summed E-state index contributed by atoms with van der Waals surface area (Å²) in [6.45, 7) is 2.75. The third-order valence-corrected chi connectivity index (χ3v) is 2.23. The summed E-state index contributed by atoms with van der Waals surface area (Å²) in [6.07, 6.45) is 2.57. The molecule has 0 bridgehead atoms. The summed E-state index contributed by atoms with van der Waals surface area (Å²) in [5, 5.41) is 11.9. The van der Waals surface area contributed by atoms with Crippen LogP contribution in [0.25, 0.3) is 0 Å². The van der Waals surface area contributed by atoms with Gasteiger partial charge in [0, 0.05) is 32.3 Å². The number of piperazine rings is 1. The van der Waals surface area contributed by atoms with E-state index in [-0.39, 0.29) is 12.6 Å². The number of hydrogen-bond acceptors (Lipinski definition) is 3. The van der Waals surface area contributed by atoms with E-state index >= 15 is 0 Å². The standard InChI is InChI=1S/C8H16N2O2/c11-5-1-2-8-6-9-3-4-10(8)7-12/h7-9,11H,1-6H2. The molecule has 4 heteroatoms. The molecule has 0 aromatic heterocycles. The van der Waals surface area contributed by atoms with Gasteiger partial charge in [0.15, 0.2) is 0 Å². The zero-order valence-corrected chi connectivity index (χ0v) is 7.20. The van der Waals surface area contributed by atoms with Crippen LogP contribution in [-0.2, 0) is 4.79 Å². The second kappa shape index (κ2) is 5.11. The fourth-order valence-electron chi connectivity index (χ4n) is 1.51. The van der Waals surface area contributed by atoms with Crippen molar-refractivity contribution < 1.29 is 9.90 Å². The SMILES string of the molecule is O=CN1CCNCC1CCCO. The van der Waals surface area contributed by atoms with Crippen molar-refractivity contribution in [1.82, 2.24) is 10.2 Å². The van der Waals surface area contributed by atoms with Crippen molar-refractivity contribution in [3.05, 3.63) is 0 Å². The summed E-state index contributed by atoms with van der Waals surface area (Å²) in [4.78, 5) is 12.4. The van der Waals surface area contributed by atoms with Gasteiger partial charge >= 0.3 is 0 Å². The number of carbonyl (C=O) groups is 1. The summed E-state index contributed by atoms with van der Waals surface area (Å²) in [7, 11) is 0. The molecule has 1 saturated heterocycles. The number of rotatable bonds is 4. The Labute approximate surface area is 72.6 Å². The van der Waals surface area contributed by atoms with Gasteiger partial charge in [0.05, 0.1) is 0 Å². The summed E-state index contributed by atoms with van der Waals surface area (Å²) < 4.78 is 0. The first-order chi connectivity index (χ1) is 5.88. The molecular weight excluding hydrogens is 156 g/mol. The summed E-state index contributed by atoms with van der Waals surface area (Å²) >= 11 is 0. The Bertz CT molecular complexity index is 141. The van der Waals surface area contributed by atoms with Crippen molar-refractivity contribution in [2.45, 2.75) is 18.9 Å². The molecular formula is C8H16N2O2. The lowest BCUT2D eigenvalue weighted by atomic mass is 10.1. The molecule has 1 amide bonds. The van der Waals surface area contributed by atoms with E-state index in [1.54, 1.807) is 0 Å². The minimum atomic E-state index is 0.212. The lowest BCUT2D eigenvalue weighted by Crippen LogP contribution is -2.50. The Balaban J connectivity index is 2.31. The molecule has 1 heterocycles. The molecule has 0 aromatic carbocycles. The number of carbonyl (C=O) groups excluding carboxylic acids is 1. The van der Waals surface area contributed by atoms with Gasteiger partial charge in [-0.15, -0.1) is 0 Å². The quantitative estimate of drug-likeness (QED) is 0.545. The van der Waals surface area contributed by atoms with Crippen molar-refractivity contribution in [2.24, 2.45) is 0 Å². The van der Waals surface area contributed by atoms with Gasteiger partial charge in [0.2, 0.25) is 6.41 Å². The van der Waals surface area contributed by atoms with Crippen LogP contribution in [0.2, 0.25) is 0 Å². The number of nitrogens with one attached hydrogen (secondary N) is 1. The molecule has 0 aliphatic carbocycles. The highest BCUT2D eigenvalue weighted by atomic mass is 16.3. The second-order valence-corrected chi connectivity index (χ2v) is 3.07. The third-order valence-electron chi connectivity index (χ3n) is 2.23. The molecule has 1 aliphatic rings. The van der Waals surface area contributed by atoms with Crippen LogP contribution < -0.4 is 5.32 Å². The van der Waals surface area contributed by atoms with E-state index in [4.69, 9.17) is 5.11 Å². The Kier molecular flexibility index (Phi) is 4.04. The molecule has 70 valence electrons. The predicted octanol–water partition coefficient (Wildman–Crippen LogP) is -0.811. The van der Waals surface area contributed by atoms with E-state index < -0.39 is 0 Å². The van der Waals surface area contributed by atoms with E-state index in [0.29, 0.717) is 0 Å². The van der Waals surface area contributed by atoms with Gasteiger partial charge in [-0.05, 0) is 12.8 Å². The van der Waals surface area contributed by atoms with Gasteiger partial charge in [0.1, 0.15) is 0 Å². The van der Waals surface area contributed by atoms with E-state index in [9.17, 15) is 4.79 Å². The first-order valence-electron chi connectivity index (χ1n) is 4.41. The summed E-state index contributed by atoms with van der Waals surface area (Å²) in [5.74, 6) is 0. The highest BCUT2D eigenvalue weighted by molar-refractivity contribution is 5.48. The van der Waals surface area contributed by atoms with Crippen LogP contribution in [0.3, 0.4) is 0 Å². The summed E-state index contributed by atoms with van der Waals surface area (Å²) in [6, 6.07) is 0.281. The number of aliphatic hydroxyl groups is 1. The van der Waals surface area contributed by atoms with Crippen molar-refractivity contribution in [2.75, 3.05) is 26.2 Å². The molecule has 2 N–H and O–H groups in total. The molecule has 0 aromatic rings. The number of aliphatic hydroxyl groups excluding tert-OH is 1. The second-order valence-electron chi connectivity index (χ2n) is 3.07. The smallest absolute Gasteiger partial charge is 0.210 e. The molecule has 0 spiro atoms. The number of nitrogens with zero attached hydrogens (tertiary/aromatic N) is 1. The molecule has 1 unspecified atom stereocenters. The average molecular weight is 172 g/mol. The molecule has 1 atom stereocenters. The average Bonchev–Trinajstić information content (AvgIpc) is 2.15. The maximum absolute atomic E-state index is 10.6. The molecule has 0 saturated carbocycles. The van der Waals surface area contributed by atoms with Crippen LogP contribution in [0.5, 0.6) is 0 Å². The first kappa shape index (κ1) is 9.48. The first-order valence-corrected chi connectivity index (χ1v) is 4.41. The largest absolute Gasteiger partial charge is 0.396 e. The van der Waals surface area contributed by atoms with Crippen molar-refractivity contribution in [3.8, 4) is 0 Å². The van der Waals surface area contributed by atoms with Crippen LogP contribution >= 0.6 is 0 Å². The van der Waals surface area contributed by atoms with E-state index in [0.717, 1.165) is 38.9 Å². The third kappa shape index (κ3) is 2.46. The Morgan fingerprint density at radius 3 is 3.17 bits per heavy atom.